The number of hydrogen-bond donors (Lipinski definition) is 2. The normalized spacial score (nSPS) is 23.7. The first-order chi connectivity index (χ1) is 24.4. The molecule has 0 aliphatic carbocycles. The fourth-order valence-corrected chi connectivity index (χ4v) is 9.11. The van der Waals surface area contributed by atoms with Gasteiger partial charge in [0.05, 0.1) is 36.5 Å². The van der Waals surface area contributed by atoms with E-state index < -0.39 is 48.2 Å². The second-order valence-corrected chi connectivity index (χ2v) is 14.7. The van der Waals surface area contributed by atoms with Gasteiger partial charge in [0.2, 0.25) is 11.8 Å². The molecular weight excluding hydrogens is 701 g/mol. The van der Waals surface area contributed by atoms with E-state index in [4.69, 9.17) is 19.9 Å². The molecule has 0 saturated carbocycles. The predicted octanol–water partition coefficient (Wildman–Crippen LogP) is 2.38. The van der Waals surface area contributed by atoms with Gasteiger partial charge in [0.15, 0.2) is 6.04 Å². The Balaban J connectivity index is 1.39. The van der Waals surface area contributed by atoms with Crippen LogP contribution in [0.2, 0.25) is 0 Å². The average molecular weight is 743 g/mol. The van der Waals surface area contributed by atoms with Crippen LogP contribution in [0.3, 0.4) is 0 Å². The molecule has 0 bridgehead atoms. The van der Waals surface area contributed by atoms with E-state index >= 15 is 0 Å². The number of nitrogens with two attached hydrogens (primary N) is 1. The van der Waals surface area contributed by atoms with Crippen molar-refractivity contribution < 1.29 is 43.3 Å². The second-order valence-electron chi connectivity index (χ2n) is 12.5. The van der Waals surface area contributed by atoms with Crippen molar-refractivity contribution in [3.05, 3.63) is 71.7 Å². The number of aliphatic hydroxyl groups is 1. The fraction of sp³-hybridized carbons (Fsp3) is 0.471. The number of fused-ring (bicyclic) bond motifs is 2. The monoisotopic (exact) mass is 742 g/mol. The fourth-order valence-electron chi connectivity index (χ4n) is 6.73. The summed E-state index contributed by atoms with van der Waals surface area (Å²) in [6, 6.07) is -2.53. The number of carbonyl (C=O) groups excluding carboxylic acids is 5. The van der Waals surface area contributed by atoms with E-state index in [0.717, 1.165) is 0 Å². The maximum Gasteiger partial charge on any atom is 0.410 e. The minimum Gasteiger partial charge on any atom is -0.460 e. The third-order valence-electron chi connectivity index (χ3n) is 9.05. The third-order valence-corrected chi connectivity index (χ3v) is 11.5. The summed E-state index contributed by atoms with van der Waals surface area (Å²) in [6.45, 7) is 14.3. The molecule has 2 aromatic heterocycles. The molecule has 5 heterocycles. The van der Waals surface area contributed by atoms with E-state index in [1.807, 2.05) is 12.3 Å². The van der Waals surface area contributed by atoms with Gasteiger partial charge in [-0.25, -0.2) is 19.4 Å². The predicted molar refractivity (Wildman–Crippen MR) is 189 cm³/mol. The zero-order valence-electron chi connectivity index (χ0n) is 28.6. The first kappa shape index (κ1) is 37.8. The summed E-state index contributed by atoms with van der Waals surface area (Å²) in [4.78, 5) is 76.2. The van der Waals surface area contributed by atoms with Crippen LogP contribution in [0.25, 0.3) is 4.83 Å². The smallest absolute Gasteiger partial charge is 0.410 e. The zero-order chi connectivity index (χ0) is 37.1. The van der Waals surface area contributed by atoms with Gasteiger partial charge in [0, 0.05) is 35.0 Å². The van der Waals surface area contributed by atoms with E-state index in [0.29, 0.717) is 15.4 Å². The van der Waals surface area contributed by atoms with Gasteiger partial charge in [0.1, 0.15) is 42.2 Å². The molecule has 2 fully saturated rings. The highest BCUT2D eigenvalue weighted by atomic mass is 32.2. The van der Waals surface area contributed by atoms with Gasteiger partial charge in [-0.2, -0.15) is 0 Å². The van der Waals surface area contributed by atoms with Crippen molar-refractivity contribution in [3.63, 3.8) is 0 Å². The van der Waals surface area contributed by atoms with Crippen LogP contribution in [0.15, 0.2) is 60.1 Å². The number of rotatable bonds is 15. The molecule has 274 valence electrons. The average Bonchev–Trinajstić information content (AvgIpc) is 3.87. The van der Waals surface area contributed by atoms with Gasteiger partial charge in [-0.3, -0.25) is 18.9 Å². The number of likely N-dealkylation sites (N-methyl/N-ethyl adjacent to an activating group) is 1. The number of imidazole rings is 1. The van der Waals surface area contributed by atoms with Crippen LogP contribution in [0.4, 0.5) is 4.79 Å². The van der Waals surface area contributed by atoms with Gasteiger partial charge in [-0.1, -0.05) is 44.9 Å². The maximum absolute atomic E-state index is 14.1. The van der Waals surface area contributed by atoms with Crippen LogP contribution in [-0.2, 0) is 39.9 Å². The molecule has 0 spiro atoms. The highest BCUT2D eigenvalue weighted by Crippen LogP contribution is 2.52. The minimum atomic E-state index is -1.17. The lowest BCUT2D eigenvalue weighted by Crippen LogP contribution is -2.63. The first-order valence-electron chi connectivity index (χ1n) is 16.3. The number of amides is 3. The molecule has 2 aromatic rings. The van der Waals surface area contributed by atoms with Gasteiger partial charge in [-0.05, 0) is 13.3 Å². The van der Waals surface area contributed by atoms with Crippen molar-refractivity contribution in [2.24, 2.45) is 17.6 Å². The zero-order valence-corrected chi connectivity index (χ0v) is 30.3. The second kappa shape index (κ2) is 15.8. The summed E-state index contributed by atoms with van der Waals surface area (Å²) in [5.74, 6) is -2.83. The summed E-state index contributed by atoms with van der Waals surface area (Å²) < 4.78 is 17.5. The highest BCUT2D eigenvalue weighted by Gasteiger charge is 2.60. The van der Waals surface area contributed by atoms with Crippen molar-refractivity contribution >= 4 is 57.8 Å². The van der Waals surface area contributed by atoms with Gasteiger partial charge < -0.3 is 34.9 Å². The lowest BCUT2D eigenvalue weighted by Gasteiger charge is -2.46. The van der Waals surface area contributed by atoms with Crippen molar-refractivity contribution in [1.82, 2.24) is 24.1 Å². The molecular formula is C34H42N6O9S2. The van der Waals surface area contributed by atoms with Gasteiger partial charge in [-0.15, -0.1) is 23.1 Å². The van der Waals surface area contributed by atoms with Crippen LogP contribution in [0.1, 0.15) is 37.8 Å². The van der Waals surface area contributed by atoms with Crippen molar-refractivity contribution in [1.29, 1.82) is 0 Å². The molecule has 0 aromatic carbocycles. The van der Waals surface area contributed by atoms with Crippen LogP contribution in [0.5, 0.6) is 0 Å². The van der Waals surface area contributed by atoms with Crippen LogP contribution in [0, 0.1) is 11.8 Å². The molecule has 51 heavy (non-hydrogen) atoms. The van der Waals surface area contributed by atoms with E-state index in [2.05, 4.69) is 24.7 Å². The summed E-state index contributed by atoms with van der Waals surface area (Å²) >= 11 is 2.68. The van der Waals surface area contributed by atoms with E-state index in [-0.39, 0.29) is 73.8 Å². The molecule has 0 radical (unpaired) electrons. The number of esters is 2. The van der Waals surface area contributed by atoms with Crippen molar-refractivity contribution in [2.45, 2.75) is 56.3 Å². The Morgan fingerprint density at radius 1 is 1.16 bits per heavy atom. The molecule has 5 rings (SSSR count). The molecule has 1 unspecified atom stereocenters. The Morgan fingerprint density at radius 2 is 1.82 bits per heavy atom. The molecule has 3 amide bonds. The van der Waals surface area contributed by atoms with Crippen LogP contribution < -0.4 is 5.73 Å². The van der Waals surface area contributed by atoms with E-state index in [1.165, 1.54) is 56.0 Å². The Morgan fingerprint density at radius 3 is 2.49 bits per heavy atom. The topological polar surface area (TPSA) is 186 Å². The number of ether oxygens (including phenoxy) is 3. The minimum absolute atomic E-state index is 0.00254. The lowest BCUT2D eigenvalue weighted by molar-refractivity contribution is -0.164. The lowest BCUT2D eigenvalue weighted by atomic mass is 9.79. The van der Waals surface area contributed by atoms with Gasteiger partial charge in [0.25, 0.3) is 0 Å². The van der Waals surface area contributed by atoms with Crippen molar-refractivity contribution in [3.8, 4) is 0 Å². The Kier molecular flexibility index (Phi) is 11.7. The number of β-lactam (4-membered cyclic amide) rings is 1. The summed E-state index contributed by atoms with van der Waals surface area (Å²) in [5, 5.41) is 11.8. The molecule has 15 nitrogen and oxygen atoms in total. The number of aliphatic hydroxyl groups excluding tert-OH is 1. The SMILES string of the molecule is C=CCOC(=O)C1=C(S[C@H]2C[C@@H](C(=O)N(C)Cc3csc4cnc(C(N)C(=O)OCC=C)n34)N(C(=O)OCC=C)C2)[C@H](C)[C@@H]2[C@@H]([C@@H](C)O)C(=O)N12. The van der Waals surface area contributed by atoms with Crippen LogP contribution >= 0.6 is 23.1 Å². The number of thiazole rings is 1. The number of carbonyl (C=O) groups is 5. The molecule has 3 aliphatic heterocycles. The highest BCUT2D eigenvalue weighted by molar-refractivity contribution is 8.03. The van der Waals surface area contributed by atoms with Crippen molar-refractivity contribution in [2.75, 3.05) is 33.4 Å². The quantitative estimate of drug-likeness (QED) is 0.118. The third kappa shape index (κ3) is 7.20. The number of thioether (sulfide) groups is 1. The molecule has 17 heteroatoms. The largest absolute Gasteiger partial charge is 0.460 e. The molecule has 2 saturated heterocycles. The number of nitrogens with zero attached hydrogens (tertiary/aromatic N) is 5. The first-order valence-corrected chi connectivity index (χ1v) is 18.1. The maximum atomic E-state index is 14.1. The summed E-state index contributed by atoms with van der Waals surface area (Å²) in [5.41, 5.74) is 6.94. The Labute approximate surface area is 303 Å². The molecule has 3 aliphatic rings. The van der Waals surface area contributed by atoms with E-state index in [9.17, 15) is 29.1 Å². The molecule has 7 atom stereocenters. The standard InChI is InChI=1S/C34H42N6O9S2/c1-7-10-47-32(44)25(35)29-36-14-23-39(29)20(17-50-23)15-37(6)30(42)22-13-21(16-38(22)34(46)49-12-9-3)51-28-18(4)26-24(19(5)41)31(43)40(26)27(28)33(45)48-11-8-2/h7-9,14,17-19,21-22,24-26,41H,1-3,10-13,15-16,35H2,4-6H3/t18-,19-,21+,22+,24-,25?,26-/m1/s1. The van der Waals surface area contributed by atoms with Crippen LogP contribution in [-0.4, -0.2) is 116 Å². The summed E-state index contributed by atoms with van der Waals surface area (Å²) in [6.07, 6.45) is 4.48. The Hall–Kier alpha value is -4.45. The Bertz CT molecular complexity index is 1770. The molecule has 3 N–H and O–H groups in total. The number of hydrogen-bond acceptors (Lipinski definition) is 13. The summed E-state index contributed by atoms with van der Waals surface area (Å²) in [7, 11) is 1.61. The number of aromatic nitrogens is 2. The van der Waals surface area contributed by atoms with E-state index in [1.54, 1.807) is 24.6 Å². The number of likely N-dealkylation sites (tertiary alicyclic amines) is 1. The van der Waals surface area contributed by atoms with Gasteiger partial charge >= 0.3 is 18.0 Å².